The zero-order valence-electron chi connectivity index (χ0n) is 20.5. The van der Waals surface area contributed by atoms with Gasteiger partial charge in [0.2, 0.25) is 0 Å². The second-order valence-corrected chi connectivity index (χ2v) is 9.55. The lowest BCUT2D eigenvalue weighted by Crippen LogP contribution is -1.98. The van der Waals surface area contributed by atoms with E-state index in [9.17, 15) is 0 Å². The monoisotopic (exact) mass is 486 g/mol. The number of hydrogen-bond donors (Lipinski definition) is 0. The highest BCUT2D eigenvalue weighted by atomic mass is 15.0. The molecule has 5 aromatic carbocycles. The Morgan fingerprint density at radius 1 is 0.368 bits per heavy atom. The third kappa shape index (κ3) is 3.04. The van der Waals surface area contributed by atoms with E-state index in [0.717, 1.165) is 28.0 Å². The Morgan fingerprint density at radius 3 is 1.16 bits per heavy atom. The summed E-state index contributed by atoms with van der Waals surface area (Å²) in [6, 6.07) is 42.6. The SMILES string of the molecule is c1ccc2c(c1)c1ccccc1n2-c1ccc(-c2ncc(-n3c4ccccc4c4ccccc43)cn2)cc1. The minimum Gasteiger partial charge on any atom is -0.309 e. The Bertz CT molecular complexity index is 1850. The topological polar surface area (TPSA) is 35.6 Å². The van der Waals surface area contributed by atoms with Crippen molar-refractivity contribution >= 4 is 43.6 Å². The van der Waals surface area contributed by atoms with Crippen LogP contribution in [-0.4, -0.2) is 19.1 Å². The predicted molar refractivity (Wildman–Crippen MR) is 156 cm³/mol. The van der Waals surface area contributed by atoms with Gasteiger partial charge in [-0.25, -0.2) is 9.97 Å². The lowest BCUT2D eigenvalue weighted by molar-refractivity contribution is 1.08. The number of para-hydroxylation sites is 4. The molecule has 8 rings (SSSR count). The van der Waals surface area contributed by atoms with Crippen molar-refractivity contribution in [2.24, 2.45) is 0 Å². The molecule has 8 aromatic rings. The van der Waals surface area contributed by atoms with Gasteiger partial charge in [0.1, 0.15) is 0 Å². The molecule has 4 heteroatoms. The van der Waals surface area contributed by atoms with E-state index in [2.05, 4.69) is 130 Å². The van der Waals surface area contributed by atoms with Crippen molar-refractivity contribution in [2.75, 3.05) is 0 Å². The van der Waals surface area contributed by atoms with Gasteiger partial charge in [0.15, 0.2) is 5.82 Å². The predicted octanol–water partition coefficient (Wildman–Crippen LogP) is 8.34. The molecule has 0 saturated heterocycles. The Balaban J connectivity index is 1.20. The molecular weight excluding hydrogens is 464 g/mol. The van der Waals surface area contributed by atoms with E-state index >= 15 is 0 Å². The molecule has 3 aromatic heterocycles. The summed E-state index contributed by atoms with van der Waals surface area (Å²) in [5.74, 6) is 0.711. The molecule has 0 spiro atoms. The lowest BCUT2D eigenvalue weighted by Gasteiger charge is -2.10. The summed E-state index contributed by atoms with van der Waals surface area (Å²) < 4.78 is 4.56. The van der Waals surface area contributed by atoms with Crippen molar-refractivity contribution in [1.29, 1.82) is 0 Å². The second kappa shape index (κ2) is 8.15. The van der Waals surface area contributed by atoms with Gasteiger partial charge in [-0.15, -0.1) is 0 Å². The summed E-state index contributed by atoms with van der Waals surface area (Å²) in [6.07, 6.45) is 3.84. The third-order valence-corrected chi connectivity index (χ3v) is 7.44. The molecule has 4 nitrogen and oxygen atoms in total. The molecule has 0 aliphatic rings. The Labute approximate surface area is 219 Å². The van der Waals surface area contributed by atoms with Gasteiger partial charge < -0.3 is 9.13 Å². The zero-order chi connectivity index (χ0) is 25.1. The van der Waals surface area contributed by atoms with E-state index in [4.69, 9.17) is 9.97 Å². The van der Waals surface area contributed by atoms with Crippen LogP contribution < -0.4 is 0 Å². The first kappa shape index (κ1) is 20.9. The standard InChI is InChI=1S/C34H22N4/c1-5-13-30-26(9-1)27-10-2-6-14-31(27)37(30)24-19-17-23(18-20-24)34-35-21-25(22-36-34)38-32-15-7-3-11-28(32)29-12-4-8-16-33(29)38/h1-22H. The maximum atomic E-state index is 4.77. The van der Waals surface area contributed by atoms with Crippen LogP contribution in [-0.2, 0) is 0 Å². The van der Waals surface area contributed by atoms with Gasteiger partial charge in [0.05, 0.1) is 40.1 Å². The normalized spacial score (nSPS) is 11.7. The molecule has 0 radical (unpaired) electrons. The van der Waals surface area contributed by atoms with E-state index in [1.54, 1.807) is 0 Å². The maximum Gasteiger partial charge on any atom is 0.159 e. The first-order valence-corrected chi connectivity index (χ1v) is 12.8. The van der Waals surface area contributed by atoms with Crippen LogP contribution in [0.25, 0.3) is 66.4 Å². The van der Waals surface area contributed by atoms with E-state index in [0.29, 0.717) is 5.82 Å². The molecule has 0 aliphatic heterocycles. The molecule has 0 N–H and O–H groups in total. The van der Waals surface area contributed by atoms with Gasteiger partial charge in [-0.3, -0.25) is 0 Å². The maximum absolute atomic E-state index is 4.77. The van der Waals surface area contributed by atoms with Crippen LogP contribution in [0.15, 0.2) is 134 Å². The third-order valence-electron chi connectivity index (χ3n) is 7.44. The Morgan fingerprint density at radius 2 is 0.737 bits per heavy atom. The molecule has 0 atom stereocenters. The van der Waals surface area contributed by atoms with Crippen LogP contribution in [0.3, 0.4) is 0 Å². The number of benzene rings is 5. The first-order valence-electron chi connectivity index (χ1n) is 12.8. The van der Waals surface area contributed by atoms with Crippen LogP contribution in [0.4, 0.5) is 0 Å². The fourth-order valence-electron chi connectivity index (χ4n) is 5.75. The molecule has 0 amide bonds. The highest BCUT2D eigenvalue weighted by Crippen LogP contribution is 2.33. The van der Waals surface area contributed by atoms with Crippen molar-refractivity contribution in [3.8, 4) is 22.8 Å². The van der Waals surface area contributed by atoms with Gasteiger partial charge in [0, 0.05) is 32.8 Å². The highest BCUT2D eigenvalue weighted by Gasteiger charge is 2.14. The average Bonchev–Trinajstić information content (AvgIpc) is 3.51. The van der Waals surface area contributed by atoms with Gasteiger partial charge in [-0.2, -0.15) is 0 Å². The van der Waals surface area contributed by atoms with E-state index in [-0.39, 0.29) is 0 Å². The fourth-order valence-corrected chi connectivity index (χ4v) is 5.75. The van der Waals surface area contributed by atoms with Crippen LogP contribution in [0.1, 0.15) is 0 Å². The minimum atomic E-state index is 0.711. The molecule has 0 aliphatic carbocycles. The Hall–Kier alpha value is -5.22. The molecular formula is C34H22N4. The summed E-state index contributed by atoms with van der Waals surface area (Å²) in [7, 11) is 0. The van der Waals surface area contributed by atoms with Gasteiger partial charge in [-0.1, -0.05) is 72.8 Å². The smallest absolute Gasteiger partial charge is 0.159 e. The number of nitrogens with zero attached hydrogens (tertiary/aromatic N) is 4. The van der Waals surface area contributed by atoms with Gasteiger partial charge in [-0.05, 0) is 48.5 Å². The summed E-state index contributed by atoms with van der Waals surface area (Å²) in [6.45, 7) is 0. The van der Waals surface area contributed by atoms with Crippen LogP contribution in [0, 0.1) is 0 Å². The molecule has 0 fully saturated rings. The van der Waals surface area contributed by atoms with Gasteiger partial charge in [0.25, 0.3) is 0 Å². The highest BCUT2D eigenvalue weighted by molar-refractivity contribution is 6.10. The van der Waals surface area contributed by atoms with E-state index < -0.39 is 0 Å². The molecule has 0 bridgehead atoms. The summed E-state index contributed by atoms with van der Waals surface area (Å²) >= 11 is 0. The number of aromatic nitrogens is 4. The lowest BCUT2D eigenvalue weighted by atomic mass is 10.2. The van der Waals surface area contributed by atoms with Crippen molar-refractivity contribution in [1.82, 2.24) is 19.1 Å². The largest absolute Gasteiger partial charge is 0.309 e. The van der Waals surface area contributed by atoms with Crippen LogP contribution in [0.2, 0.25) is 0 Å². The first-order chi connectivity index (χ1) is 18.9. The van der Waals surface area contributed by atoms with E-state index in [1.165, 1.54) is 32.6 Å². The summed E-state index contributed by atoms with van der Waals surface area (Å²) in [5.41, 5.74) is 7.77. The summed E-state index contributed by atoms with van der Waals surface area (Å²) in [5, 5.41) is 4.98. The fraction of sp³-hybridized carbons (Fsp3) is 0. The zero-order valence-corrected chi connectivity index (χ0v) is 20.5. The van der Waals surface area contributed by atoms with Crippen molar-refractivity contribution in [2.45, 2.75) is 0 Å². The second-order valence-electron chi connectivity index (χ2n) is 9.55. The van der Waals surface area contributed by atoms with E-state index in [1.807, 2.05) is 12.4 Å². The number of hydrogen-bond acceptors (Lipinski definition) is 2. The van der Waals surface area contributed by atoms with Crippen molar-refractivity contribution in [3.05, 3.63) is 134 Å². The molecule has 0 unspecified atom stereocenters. The van der Waals surface area contributed by atoms with Crippen LogP contribution in [0.5, 0.6) is 0 Å². The molecule has 3 heterocycles. The molecule has 178 valence electrons. The van der Waals surface area contributed by atoms with Crippen molar-refractivity contribution in [3.63, 3.8) is 0 Å². The Kier molecular flexibility index (Phi) is 4.49. The number of fused-ring (bicyclic) bond motifs is 6. The average molecular weight is 487 g/mol. The molecule has 38 heavy (non-hydrogen) atoms. The van der Waals surface area contributed by atoms with Crippen molar-refractivity contribution < 1.29 is 0 Å². The minimum absolute atomic E-state index is 0.711. The number of rotatable bonds is 3. The summed E-state index contributed by atoms with van der Waals surface area (Å²) in [4.78, 5) is 9.54. The molecule has 0 saturated carbocycles. The van der Waals surface area contributed by atoms with Crippen LogP contribution >= 0.6 is 0 Å². The van der Waals surface area contributed by atoms with Gasteiger partial charge >= 0.3 is 0 Å². The quantitative estimate of drug-likeness (QED) is 0.252.